The number of carbonyl (C=O) groups is 3. The summed E-state index contributed by atoms with van der Waals surface area (Å²) < 4.78 is 10.3. The van der Waals surface area contributed by atoms with Crippen LogP contribution in [0.25, 0.3) is 0 Å². The smallest absolute Gasteiger partial charge is 0.328 e. The van der Waals surface area contributed by atoms with E-state index in [2.05, 4.69) is 20.7 Å². The molecule has 37 heavy (non-hydrogen) atoms. The molecule has 2 aliphatic heterocycles. The van der Waals surface area contributed by atoms with E-state index in [1.54, 1.807) is 24.3 Å². The predicted molar refractivity (Wildman–Crippen MR) is 136 cm³/mol. The highest BCUT2D eigenvalue weighted by Crippen LogP contribution is 2.29. The average Bonchev–Trinajstić information content (AvgIpc) is 2.90. The summed E-state index contributed by atoms with van der Waals surface area (Å²) >= 11 is 1.03. The molecule has 0 atom stereocenters. The van der Waals surface area contributed by atoms with Crippen molar-refractivity contribution in [3.63, 3.8) is 0 Å². The van der Waals surface area contributed by atoms with Crippen molar-refractivity contribution in [2.75, 3.05) is 50.2 Å². The molecule has 0 bridgehead atoms. The third-order valence-electron chi connectivity index (χ3n) is 6.21. The SMILES string of the molecule is COCCCc1cc(NC(=O)N2CCCc3cc(CN4CCOCC4=O)c(C=O)nc32)ncc1SC#N. The molecule has 1 fully saturated rings. The van der Waals surface area contributed by atoms with Gasteiger partial charge in [0, 0.05) is 50.0 Å². The minimum Gasteiger partial charge on any atom is -0.385 e. The zero-order valence-corrected chi connectivity index (χ0v) is 21.4. The van der Waals surface area contributed by atoms with Gasteiger partial charge in [-0.3, -0.25) is 19.8 Å². The standard InChI is InChI=1S/C25H28N6O5S/c1-35-8-3-5-17-11-22(27-12-21(17)37-16-26)29-25(34)31-6-2-4-18-10-19(20(14-32)28-24(18)31)13-30-7-9-36-15-23(30)33/h10-12,14H,2-9,13,15H2,1H3,(H,27,29,34). The van der Waals surface area contributed by atoms with Crippen LogP contribution in [0.3, 0.4) is 0 Å². The first-order valence-corrected chi connectivity index (χ1v) is 12.8. The van der Waals surface area contributed by atoms with Crippen molar-refractivity contribution in [1.82, 2.24) is 14.9 Å². The van der Waals surface area contributed by atoms with Crippen LogP contribution in [0.5, 0.6) is 0 Å². The van der Waals surface area contributed by atoms with Crippen LogP contribution < -0.4 is 10.2 Å². The lowest BCUT2D eigenvalue weighted by Crippen LogP contribution is -2.42. The fourth-order valence-electron chi connectivity index (χ4n) is 4.38. The molecular weight excluding hydrogens is 496 g/mol. The van der Waals surface area contributed by atoms with Crippen LogP contribution >= 0.6 is 11.8 Å². The topological polar surface area (TPSA) is 138 Å². The van der Waals surface area contributed by atoms with Crippen molar-refractivity contribution in [2.45, 2.75) is 37.1 Å². The van der Waals surface area contributed by atoms with Gasteiger partial charge in [-0.15, -0.1) is 0 Å². The number of fused-ring (bicyclic) bond motifs is 1. The Morgan fingerprint density at radius 2 is 2.22 bits per heavy atom. The normalized spacial score (nSPS) is 15.2. The first-order chi connectivity index (χ1) is 18.0. The molecule has 3 amide bonds. The van der Waals surface area contributed by atoms with Crippen LogP contribution in [0.4, 0.5) is 16.4 Å². The van der Waals surface area contributed by atoms with Crippen LogP contribution in [-0.2, 0) is 33.7 Å². The molecule has 2 aromatic rings. The number of morpholine rings is 1. The molecule has 0 aliphatic carbocycles. The summed E-state index contributed by atoms with van der Waals surface area (Å²) in [5.41, 5.74) is 2.60. The molecule has 1 N–H and O–H groups in total. The van der Waals surface area contributed by atoms with Gasteiger partial charge in [0.2, 0.25) is 5.91 Å². The van der Waals surface area contributed by atoms with Crippen LogP contribution in [-0.4, -0.2) is 73.1 Å². The molecule has 2 aromatic heterocycles. The number of aryl methyl sites for hydroxylation is 2. The monoisotopic (exact) mass is 524 g/mol. The van der Waals surface area contributed by atoms with Gasteiger partial charge in [-0.1, -0.05) is 0 Å². The third-order valence-corrected chi connectivity index (χ3v) is 6.89. The van der Waals surface area contributed by atoms with Gasteiger partial charge in [0.15, 0.2) is 6.29 Å². The molecular formula is C25H28N6O5S. The maximum Gasteiger partial charge on any atom is 0.328 e. The van der Waals surface area contributed by atoms with Crippen molar-refractivity contribution in [3.8, 4) is 5.40 Å². The Hall–Kier alpha value is -3.53. The Balaban J connectivity index is 1.54. The van der Waals surface area contributed by atoms with E-state index in [1.165, 1.54) is 4.90 Å². The van der Waals surface area contributed by atoms with Gasteiger partial charge in [-0.25, -0.2) is 14.8 Å². The maximum absolute atomic E-state index is 13.3. The summed E-state index contributed by atoms with van der Waals surface area (Å²) in [6.07, 6.45) is 5.11. The van der Waals surface area contributed by atoms with E-state index >= 15 is 0 Å². The van der Waals surface area contributed by atoms with E-state index in [9.17, 15) is 14.4 Å². The highest BCUT2D eigenvalue weighted by Gasteiger charge is 2.27. The second-order valence-corrected chi connectivity index (χ2v) is 9.48. The predicted octanol–water partition coefficient (Wildman–Crippen LogP) is 2.78. The number of anilines is 2. The number of nitriles is 1. The number of methoxy groups -OCH3 is 1. The van der Waals surface area contributed by atoms with E-state index < -0.39 is 6.03 Å². The Morgan fingerprint density at radius 3 is 2.97 bits per heavy atom. The number of amides is 3. The van der Waals surface area contributed by atoms with Crippen LogP contribution in [0, 0.1) is 10.7 Å². The molecule has 0 radical (unpaired) electrons. The van der Waals surface area contributed by atoms with Crippen molar-refractivity contribution >= 4 is 41.6 Å². The molecule has 1 saturated heterocycles. The minimum absolute atomic E-state index is 0.0288. The summed E-state index contributed by atoms with van der Waals surface area (Å²) in [6.45, 7) is 2.22. The minimum atomic E-state index is -0.405. The Morgan fingerprint density at radius 1 is 1.35 bits per heavy atom. The average molecular weight is 525 g/mol. The van der Waals surface area contributed by atoms with E-state index in [0.717, 1.165) is 40.6 Å². The number of rotatable bonds is 9. The number of nitrogens with zero attached hydrogens (tertiary/aromatic N) is 5. The van der Waals surface area contributed by atoms with Crippen molar-refractivity contribution in [2.24, 2.45) is 0 Å². The number of hydrogen-bond donors (Lipinski definition) is 1. The van der Waals surface area contributed by atoms with Crippen molar-refractivity contribution in [1.29, 1.82) is 5.26 Å². The number of thiocyanates is 1. The zero-order valence-electron chi connectivity index (χ0n) is 20.6. The number of pyridine rings is 2. The molecule has 12 heteroatoms. The van der Waals surface area contributed by atoms with E-state index in [0.29, 0.717) is 62.6 Å². The summed E-state index contributed by atoms with van der Waals surface area (Å²) in [5.74, 6) is 0.667. The number of aromatic nitrogens is 2. The maximum atomic E-state index is 13.3. The summed E-state index contributed by atoms with van der Waals surface area (Å²) in [5, 5.41) is 14.0. The molecule has 0 unspecified atom stereocenters. The molecule has 0 spiro atoms. The highest BCUT2D eigenvalue weighted by molar-refractivity contribution is 8.03. The van der Waals surface area contributed by atoms with Crippen molar-refractivity contribution in [3.05, 3.63) is 40.7 Å². The van der Waals surface area contributed by atoms with E-state index in [-0.39, 0.29) is 24.8 Å². The van der Waals surface area contributed by atoms with E-state index in [4.69, 9.17) is 14.7 Å². The van der Waals surface area contributed by atoms with Gasteiger partial charge < -0.3 is 14.4 Å². The number of carbonyl (C=O) groups excluding carboxylic acids is 3. The second kappa shape index (κ2) is 12.6. The Labute approximate surface area is 219 Å². The van der Waals surface area contributed by atoms with E-state index in [1.807, 2.05) is 6.07 Å². The fraction of sp³-hybridized carbons (Fsp3) is 0.440. The largest absolute Gasteiger partial charge is 0.385 e. The molecule has 194 valence electrons. The summed E-state index contributed by atoms with van der Waals surface area (Å²) in [7, 11) is 1.63. The lowest BCUT2D eigenvalue weighted by molar-refractivity contribution is -0.143. The number of thioether (sulfide) groups is 1. The van der Waals surface area contributed by atoms with Gasteiger partial charge in [0.1, 0.15) is 29.3 Å². The molecule has 4 heterocycles. The number of ether oxygens (including phenoxy) is 2. The molecule has 0 aromatic carbocycles. The number of nitrogens with one attached hydrogen (secondary N) is 1. The quantitative estimate of drug-likeness (QED) is 0.227. The number of aldehydes is 1. The lowest BCUT2D eigenvalue weighted by Gasteiger charge is -2.30. The van der Waals surface area contributed by atoms with Gasteiger partial charge in [-0.05, 0) is 60.7 Å². The lowest BCUT2D eigenvalue weighted by atomic mass is 10.0. The Kier molecular flexibility index (Phi) is 9.05. The van der Waals surface area contributed by atoms with Crippen LogP contribution in [0.1, 0.15) is 40.0 Å². The number of hydrogen-bond acceptors (Lipinski definition) is 9. The van der Waals surface area contributed by atoms with Gasteiger partial charge in [0.05, 0.1) is 6.61 Å². The van der Waals surface area contributed by atoms with Crippen LogP contribution in [0.2, 0.25) is 0 Å². The number of urea groups is 1. The molecule has 11 nitrogen and oxygen atoms in total. The summed E-state index contributed by atoms with van der Waals surface area (Å²) in [4.78, 5) is 50.0. The van der Waals surface area contributed by atoms with Crippen molar-refractivity contribution < 1.29 is 23.9 Å². The second-order valence-electron chi connectivity index (χ2n) is 8.65. The molecule has 4 rings (SSSR count). The molecule has 2 aliphatic rings. The van der Waals surface area contributed by atoms with Crippen LogP contribution in [0.15, 0.2) is 23.2 Å². The molecule has 0 saturated carbocycles. The van der Waals surface area contributed by atoms with Gasteiger partial charge in [-0.2, -0.15) is 5.26 Å². The Bertz CT molecular complexity index is 1220. The first kappa shape index (κ1) is 26.5. The van der Waals surface area contributed by atoms with Gasteiger partial charge in [0.25, 0.3) is 0 Å². The first-order valence-electron chi connectivity index (χ1n) is 12.0. The zero-order chi connectivity index (χ0) is 26.2. The summed E-state index contributed by atoms with van der Waals surface area (Å²) in [6, 6.07) is 3.23. The van der Waals surface area contributed by atoms with Gasteiger partial charge >= 0.3 is 6.03 Å². The highest BCUT2D eigenvalue weighted by atomic mass is 32.2. The third kappa shape index (κ3) is 6.43. The fourth-order valence-corrected chi connectivity index (χ4v) is 4.88.